The number of hydrogen-bond donors (Lipinski definition) is 1. The smallest absolute Gasteiger partial charge is 0.262 e. The molecule has 1 heterocycles. The van der Waals surface area contributed by atoms with Crippen LogP contribution in [0.3, 0.4) is 0 Å². The summed E-state index contributed by atoms with van der Waals surface area (Å²) in [5.41, 5.74) is 2.17. The number of hydrogen-bond acceptors (Lipinski definition) is 4. The minimum atomic E-state index is -3.87. The van der Waals surface area contributed by atoms with Crippen molar-refractivity contribution in [1.82, 2.24) is 15.2 Å². The Labute approximate surface area is 103 Å². The average molecular weight is 272 g/mol. The zero-order valence-corrected chi connectivity index (χ0v) is 10.6. The summed E-state index contributed by atoms with van der Waals surface area (Å²) in [7, 11) is 1.27. The summed E-state index contributed by atoms with van der Waals surface area (Å²) < 4.78 is 22.0. The maximum absolute atomic E-state index is 11.0. The third kappa shape index (κ3) is 2.83. The van der Waals surface area contributed by atoms with Crippen LogP contribution < -0.4 is 0 Å². The molecule has 1 aromatic carbocycles. The number of H-pyrrole nitrogens is 1. The van der Waals surface area contributed by atoms with Crippen LogP contribution in [0, 0.1) is 6.92 Å². The van der Waals surface area contributed by atoms with Crippen LogP contribution in [-0.4, -0.2) is 23.6 Å². The van der Waals surface area contributed by atoms with Crippen molar-refractivity contribution in [2.24, 2.45) is 0 Å². The Morgan fingerprint density at radius 1 is 1.35 bits per heavy atom. The van der Waals surface area contributed by atoms with E-state index < -0.39 is 9.05 Å². The minimum Gasteiger partial charge on any atom is -0.262 e. The SMILES string of the molecule is Cc1ccccc1Cc1nc(S(=O)(=O)Cl)n[nH]1. The van der Waals surface area contributed by atoms with Crippen LogP contribution in [0.25, 0.3) is 0 Å². The quantitative estimate of drug-likeness (QED) is 0.861. The maximum Gasteiger partial charge on any atom is 0.298 e. The van der Waals surface area contributed by atoms with Crippen molar-refractivity contribution < 1.29 is 8.42 Å². The molecular weight excluding hydrogens is 262 g/mol. The first-order chi connectivity index (χ1) is 7.97. The van der Waals surface area contributed by atoms with Crippen LogP contribution in [0.1, 0.15) is 17.0 Å². The van der Waals surface area contributed by atoms with Gasteiger partial charge in [0, 0.05) is 17.1 Å². The van der Waals surface area contributed by atoms with Gasteiger partial charge < -0.3 is 0 Å². The monoisotopic (exact) mass is 271 g/mol. The lowest BCUT2D eigenvalue weighted by molar-refractivity contribution is 0.602. The highest BCUT2D eigenvalue weighted by Gasteiger charge is 2.16. The van der Waals surface area contributed by atoms with E-state index in [0.717, 1.165) is 11.1 Å². The van der Waals surface area contributed by atoms with Crippen molar-refractivity contribution in [2.45, 2.75) is 18.5 Å². The molecule has 1 aromatic heterocycles. The van der Waals surface area contributed by atoms with E-state index in [1.54, 1.807) is 0 Å². The standard InChI is InChI=1S/C10H10ClN3O2S/c1-7-4-2-3-5-8(7)6-9-12-10(14-13-9)17(11,15)16/h2-5H,6H2,1H3,(H,12,13,14). The fourth-order valence-corrected chi connectivity index (χ4v) is 2.04. The third-order valence-corrected chi connectivity index (χ3v) is 3.38. The zero-order valence-electron chi connectivity index (χ0n) is 9.01. The van der Waals surface area contributed by atoms with Gasteiger partial charge in [0.1, 0.15) is 5.82 Å². The minimum absolute atomic E-state index is 0.386. The van der Waals surface area contributed by atoms with E-state index in [0.29, 0.717) is 12.2 Å². The first-order valence-corrected chi connectivity index (χ1v) is 7.18. The van der Waals surface area contributed by atoms with Gasteiger partial charge >= 0.3 is 0 Å². The van der Waals surface area contributed by atoms with Crippen molar-refractivity contribution in [3.8, 4) is 0 Å². The summed E-state index contributed by atoms with van der Waals surface area (Å²) in [6, 6.07) is 7.78. The molecule has 5 nitrogen and oxygen atoms in total. The van der Waals surface area contributed by atoms with Gasteiger partial charge in [-0.25, -0.2) is 13.4 Å². The lowest BCUT2D eigenvalue weighted by Crippen LogP contribution is -1.95. The lowest BCUT2D eigenvalue weighted by atomic mass is 10.1. The van der Waals surface area contributed by atoms with Crippen molar-refractivity contribution in [2.75, 3.05) is 0 Å². The van der Waals surface area contributed by atoms with Crippen LogP contribution in [0.2, 0.25) is 0 Å². The molecule has 0 aliphatic heterocycles. The Kier molecular flexibility index (Phi) is 3.17. The molecule has 0 spiro atoms. The molecule has 90 valence electrons. The van der Waals surface area contributed by atoms with Crippen LogP contribution >= 0.6 is 10.7 Å². The molecule has 7 heteroatoms. The molecule has 0 fully saturated rings. The first-order valence-electron chi connectivity index (χ1n) is 4.87. The molecule has 0 radical (unpaired) electrons. The highest BCUT2D eigenvalue weighted by Crippen LogP contribution is 2.13. The molecule has 0 aliphatic rings. The van der Waals surface area contributed by atoms with E-state index in [1.165, 1.54) is 0 Å². The molecule has 0 bridgehead atoms. The van der Waals surface area contributed by atoms with Gasteiger partial charge in [-0.15, -0.1) is 5.10 Å². The number of aromatic nitrogens is 3. The first kappa shape index (κ1) is 12.1. The van der Waals surface area contributed by atoms with Gasteiger partial charge in [-0.3, -0.25) is 5.10 Å². The van der Waals surface area contributed by atoms with Crippen LogP contribution in [0.5, 0.6) is 0 Å². The Hall–Kier alpha value is -1.40. The molecule has 2 rings (SSSR count). The summed E-state index contributed by atoms with van der Waals surface area (Å²) in [5.74, 6) is 0.471. The highest BCUT2D eigenvalue weighted by atomic mass is 35.7. The second kappa shape index (κ2) is 4.46. The van der Waals surface area contributed by atoms with Gasteiger partial charge in [-0.1, -0.05) is 24.3 Å². The highest BCUT2D eigenvalue weighted by molar-refractivity contribution is 8.13. The average Bonchev–Trinajstić information content (AvgIpc) is 2.69. The zero-order chi connectivity index (χ0) is 12.5. The molecule has 0 saturated carbocycles. The predicted octanol–water partition coefficient (Wildman–Crippen LogP) is 1.63. The Balaban J connectivity index is 2.26. The molecule has 0 amide bonds. The molecule has 0 aliphatic carbocycles. The largest absolute Gasteiger partial charge is 0.298 e. The number of halogens is 1. The topological polar surface area (TPSA) is 75.7 Å². The van der Waals surface area contributed by atoms with Crippen molar-refractivity contribution in [3.05, 3.63) is 41.2 Å². The van der Waals surface area contributed by atoms with Crippen molar-refractivity contribution >= 4 is 19.7 Å². The number of nitrogens with zero attached hydrogens (tertiary/aromatic N) is 2. The van der Waals surface area contributed by atoms with Crippen molar-refractivity contribution in [3.63, 3.8) is 0 Å². The molecule has 2 aromatic rings. The predicted molar refractivity (Wildman–Crippen MR) is 63.4 cm³/mol. The van der Waals surface area contributed by atoms with E-state index in [2.05, 4.69) is 15.2 Å². The third-order valence-electron chi connectivity index (χ3n) is 2.35. The number of aromatic amines is 1. The summed E-state index contributed by atoms with van der Waals surface area (Å²) >= 11 is 0. The molecule has 1 N–H and O–H groups in total. The molecule has 0 saturated heterocycles. The van der Waals surface area contributed by atoms with E-state index in [9.17, 15) is 8.42 Å². The van der Waals surface area contributed by atoms with Gasteiger partial charge in [-0.2, -0.15) is 0 Å². The molecule has 0 atom stereocenters. The molecule has 0 unspecified atom stereocenters. The van der Waals surface area contributed by atoms with Gasteiger partial charge in [0.2, 0.25) is 0 Å². The Morgan fingerprint density at radius 3 is 2.65 bits per heavy atom. The van der Waals surface area contributed by atoms with Crippen LogP contribution in [0.15, 0.2) is 29.4 Å². The van der Waals surface area contributed by atoms with E-state index in [4.69, 9.17) is 10.7 Å². The number of nitrogens with one attached hydrogen (secondary N) is 1. The van der Waals surface area contributed by atoms with Gasteiger partial charge in [0.15, 0.2) is 0 Å². The Morgan fingerprint density at radius 2 is 2.06 bits per heavy atom. The van der Waals surface area contributed by atoms with Gasteiger partial charge in [0.25, 0.3) is 14.2 Å². The van der Waals surface area contributed by atoms with Crippen LogP contribution in [-0.2, 0) is 15.5 Å². The van der Waals surface area contributed by atoms with Gasteiger partial charge in [-0.05, 0) is 18.1 Å². The summed E-state index contributed by atoms with van der Waals surface area (Å²) in [6.07, 6.45) is 0.492. The summed E-state index contributed by atoms with van der Waals surface area (Å²) in [6.45, 7) is 1.98. The number of benzene rings is 1. The van der Waals surface area contributed by atoms with Gasteiger partial charge in [0.05, 0.1) is 0 Å². The second-order valence-electron chi connectivity index (χ2n) is 3.61. The van der Waals surface area contributed by atoms with E-state index in [1.807, 2.05) is 31.2 Å². The summed E-state index contributed by atoms with van der Waals surface area (Å²) in [4.78, 5) is 3.83. The maximum atomic E-state index is 11.0. The normalized spacial score (nSPS) is 11.6. The fourth-order valence-electron chi connectivity index (χ4n) is 1.45. The molecule has 17 heavy (non-hydrogen) atoms. The van der Waals surface area contributed by atoms with E-state index in [-0.39, 0.29) is 5.16 Å². The van der Waals surface area contributed by atoms with E-state index >= 15 is 0 Å². The number of aryl methyl sites for hydroxylation is 1. The van der Waals surface area contributed by atoms with Crippen molar-refractivity contribution in [1.29, 1.82) is 0 Å². The van der Waals surface area contributed by atoms with Crippen LogP contribution in [0.4, 0.5) is 0 Å². The second-order valence-corrected chi connectivity index (χ2v) is 6.07. The lowest BCUT2D eigenvalue weighted by Gasteiger charge is -2.01. The number of rotatable bonds is 3. The summed E-state index contributed by atoms with van der Waals surface area (Å²) in [5, 5.41) is 5.73. The Bertz CT molecular complexity index is 637. The molecular formula is C10H10ClN3O2S. The fraction of sp³-hybridized carbons (Fsp3) is 0.200.